The van der Waals surface area contributed by atoms with Gasteiger partial charge in [-0.05, 0) is 45.7 Å². The highest BCUT2D eigenvalue weighted by atomic mass is 16.5. The fraction of sp³-hybridized carbons (Fsp3) is 0.444. The van der Waals surface area contributed by atoms with E-state index < -0.39 is 0 Å². The summed E-state index contributed by atoms with van der Waals surface area (Å²) in [4.78, 5) is 11.5. The Balaban J connectivity index is 1.85. The number of ether oxygens (including phenoxy) is 1. The van der Waals surface area contributed by atoms with Crippen LogP contribution in [0.4, 0.5) is 17.5 Å². The van der Waals surface area contributed by atoms with E-state index in [1.165, 1.54) is 12.8 Å². The average molecular weight is 312 g/mol. The molecule has 0 aliphatic carbocycles. The minimum atomic E-state index is 0.130. The zero-order chi connectivity index (χ0) is 16.2. The molecule has 1 fully saturated rings. The molecule has 3 rings (SSSR count). The van der Waals surface area contributed by atoms with Crippen LogP contribution in [-0.4, -0.2) is 29.2 Å². The summed E-state index contributed by atoms with van der Waals surface area (Å²) in [6, 6.07) is 9.91. The summed E-state index contributed by atoms with van der Waals surface area (Å²) in [5, 5.41) is 3.38. The number of hydrogen-bond donors (Lipinski definition) is 1. The van der Waals surface area contributed by atoms with E-state index in [1.807, 2.05) is 51.1 Å². The second-order valence-corrected chi connectivity index (χ2v) is 6.18. The maximum Gasteiger partial charge on any atom is 0.227 e. The van der Waals surface area contributed by atoms with Crippen molar-refractivity contribution in [1.29, 1.82) is 0 Å². The Morgan fingerprint density at radius 3 is 2.61 bits per heavy atom. The van der Waals surface area contributed by atoms with E-state index in [1.54, 1.807) is 0 Å². The van der Waals surface area contributed by atoms with Gasteiger partial charge in [-0.25, -0.2) is 4.98 Å². The van der Waals surface area contributed by atoms with Crippen LogP contribution in [0.5, 0.6) is 5.75 Å². The van der Waals surface area contributed by atoms with Gasteiger partial charge < -0.3 is 15.0 Å². The predicted octanol–water partition coefficient (Wildman–Crippen LogP) is 3.92. The topological polar surface area (TPSA) is 50.3 Å². The first-order chi connectivity index (χ1) is 11.1. The number of anilines is 3. The summed E-state index contributed by atoms with van der Waals surface area (Å²) in [6.45, 7) is 8.13. The molecule has 1 aliphatic rings. The largest absolute Gasteiger partial charge is 0.489 e. The summed E-state index contributed by atoms with van der Waals surface area (Å²) < 4.78 is 5.86. The Bertz CT molecular complexity index is 666. The van der Waals surface area contributed by atoms with Crippen LogP contribution in [0.2, 0.25) is 0 Å². The molecule has 0 unspecified atom stereocenters. The minimum Gasteiger partial charge on any atom is -0.489 e. The SMILES string of the molecule is Cc1cc(Nc2ccccc2OC(C)C)nc(N2CCCC2)n1. The molecule has 1 aliphatic heterocycles. The number of nitrogens with zero attached hydrogens (tertiary/aromatic N) is 3. The van der Waals surface area contributed by atoms with E-state index in [9.17, 15) is 0 Å². The van der Waals surface area contributed by atoms with E-state index in [-0.39, 0.29) is 6.10 Å². The van der Waals surface area contributed by atoms with Gasteiger partial charge >= 0.3 is 0 Å². The summed E-state index contributed by atoms with van der Waals surface area (Å²) in [7, 11) is 0. The molecule has 2 heterocycles. The molecule has 0 saturated carbocycles. The van der Waals surface area contributed by atoms with Crippen molar-refractivity contribution in [2.75, 3.05) is 23.3 Å². The summed E-state index contributed by atoms with van der Waals surface area (Å²) >= 11 is 0. The summed E-state index contributed by atoms with van der Waals surface area (Å²) in [6.07, 6.45) is 2.56. The van der Waals surface area contributed by atoms with Crippen LogP contribution >= 0.6 is 0 Å². The molecule has 5 nitrogen and oxygen atoms in total. The number of rotatable bonds is 5. The Hall–Kier alpha value is -2.30. The van der Waals surface area contributed by atoms with E-state index in [4.69, 9.17) is 4.74 Å². The average Bonchev–Trinajstić information content (AvgIpc) is 3.02. The Labute approximate surface area is 137 Å². The van der Waals surface area contributed by atoms with Crippen molar-refractivity contribution in [1.82, 2.24) is 9.97 Å². The highest BCUT2D eigenvalue weighted by Gasteiger charge is 2.16. The number of nitrogens with one attached hydrogen (secondary N) is 1. The van der Waals surface area contributed by atoms with Crippen molar-refractivity contribution in [3.05, 3.63) is 36.0 Å². The number of aryl methyl sites for hydroxylation is 1. The van der Waals surface area contributed by atoms with Crippen molar-refractivity contribution in [2.24, 2.45) is 0 Å². The van der Waals surface area contributed by atoms with E-state index in [0.717, 1.165) is 42.0 Å². The van der Waals surface area contributed by atoms with Crippen molar-refractivity contribution >= 4 is 17.5 Å². The molecule has 1 N–H and O–H groups in total. The number of hydrogen-bond acceptors (Lipinski definition) is 5. The van der Waals surface area contributed by atoms with Crippen molar-refractivity contribution in [3.63, 3.8) is 0 Å². The maximum absolute atomic E-state index is 5.86. The quantitative estimate of drug-likeness (QED) is 0.907. The van der Waals surface area contributed by atoms with Gasteiger partial charge in [0.15, 0.2) is 0 Å². The van der Waals surface area contributed by atoms with Crippen LogP contribution in [-0.2, 0) is 0 Å². The van der Waals surface area contributed by atoms with Crippen LogP contribution < -0.4 is 15.0 Å². The van der Waals surface area contributed by atoms with E-state index in [2.05, 4.69) is 20.2 Å². The molecule has 23 heavy (non-hydrogen) atoms. The number of aromatic nitrogens is 2. The molecular formula is C18H24N4O. The van der Waals surface area contributed by atoms with Crippen LogP contribution in [0, 0.1) is 6.92 Å². The Morgan fingerprint density at radius 1 is 1.13 bits per heavy atom. The third-order valence-corrected chi connectivity index (χ3v) is 3.74. The zero-order valence-electron chi connectivity index (χ0n) is 14.0. The molecule has 122 valence electrons. The molecule has 0 bridgehead atoms. The Morgan fingerprint density at radius 2 is 1.87 bits per heavy atom. The molecule has 1 aromatic heterocycles. The lowest BCUT2D eigenvalue weighted by molar-refractivity contribution is 0.244. The molecule has 1 aromatic carbocycles. The fourth-order valence-electron chi connectivity index (χ4n) is 2.74. The van der Waals surface area contributed by atoms with Gasteiger partial charge in [-0.15, -0.1) is 0 Å². The fourth-order valence-corrected chi connectivity index (χ4v) is 2.74. The first-order valence-electron chi connectivity index (χ1n) is 8.25. The second kappa shape index (κ2) is 6.86. The smallest absolute Gasteiger partial charge is 0.227 e. The lowest BCUT2D eigenvalue weighted by Gasteiger charge is -2.18. The van der Waals surface area contributed by atoms with Crippen LogP contribution in [0.25, 0.3) is 0 Å². The van der Waals surface area contributed by atoms with Gasteiger partial charge in [-0.2, -0.15) is 4.98 Å². The molecule has 0 spiro atoms. The molecule has 2 aromatic rings. The zero-order valence-corrected chi connectivity index (χ0v) is 14.0. The first kappa shape index (κ1) is 15.6. The molecule has 5 heteroatoms. The van der Waals surface area contributed by atoms with Crippen molar-refractivity contribution < 1.29 is 4.74 Å². The van der Waals surface area contributed by atoms with Gasteiger partial charge in [0.05, 0.1) is 11.8 Å². The van der Waals surface area contributed by atoms with E-state index in [0.29, 0.717) is 0 Å². The van der Waals surface area contributed by atoms with Crippen molar-refractivity contribution in [3.8, 4) is 5.75 Å². The molecule has 0 atom stereocenters. The highest BCUT2D eigenvalue weighted by Crippen LogP contribution is 2.28. The van der Waals surface area contributed by atoms with Crippen LogP contribution in [0.1, 0.15) is 32.4 Å². The van der Waals surface area contributed by atoms with Gasteiger partial charge in [-0.3, -0.25) is 0 Å². The third kappa shape index (κ3) is 3.92. The van der Waals surface area contributed by atoms with Crippen LogP contribution in [0.15, 0.2) is 30.3 Å². The number of benzene rings is 1. The first-order valence-corrected chi connectivity index (χ1v) is 8.25. The standard InChI is InChI=1S/C18H24N4O/c1-13(2)23-16-9-5-4-8-15(16)20-17-12-14(3)19-18(21-17)22-10-6-7-11-22/h4-5,8-9,12-13H,6-7,10-11H2,1-3H3,(H,19,20,21). The van der Waals surface area contributed by atoms with Gasteiger partial charge in [-0.1, -0.05) is 12.1 Å². The van der Waals surface area contributed by atoms with Crippen LogP contribution in [0.3, 0.4) is 0 Å². The lowest BCUT2D eigenvalue weighted by atomic mass is 10.3. The van der Waals surface area contributed by atoms with Gasteiger partial charge in [0.25, 0.3) is 0 Å². The molecule has 0 amide bonds. The molecule has 1 saturated heterocycles. The van der Waals surface area contributed by atoms with Gasteiger partial charge in [0.1, 0.15) is 11.6 Å². The normalized spacial score (nSPS) is 14.3. The third-order valence-electron chi connectivity index (χ3n) is 3.74. The Kier molecular flexibility index (Phi) is 4.65. The highest BCUT2D eigenvalue weighted by molar-refractivity contribution is 5.65. The second-order valence-electron chi connectivity index (χ2n) is 6.18. The predicted molar refractivity (Wildman–Crippen MR) is 93.7 cm³/mol. The molecular weight excluding hydrogens is 288 g/mol. The minimum absolute atomic E-state index is 0.130. The molecule has 0 radical (unpaired) electrons. The van der Waals surface area contributed by atoms with E-state index >= 15 is 0 Å². The maximum atomic E-state index is 5.86. The van der Waals surface area contributed by atoms with Gasteiger partial charge in [0, 0.05) is 24.8 Å². The summed E-state index contributed by atoms with van der Waals surface area (Å²) in [5.41, 5.74) is 1.89. The number of para-hydroxylation sites is 2. The monoisotopic (exact) mass is 312 g/mol. The van der Waals surface area contributed by atoms with Crippen molar-refractivity contribution in [2.45, 2.75) is 39.7 Å². The van der Waals surface area contributed by atoms with Gasteiger partial charge in [0.2, 0.25) is 5.95 Å². The summed E-state index contributed by atoms with van der Waals surface area (Å²) in [5.74, 6) is 2.45. The lowest BCUT2D eigenvalue weighted by Crippen LogP contribution is -2.21.